The van der Waals surface area contributed by atoms with Crippen molar-refractivity contribution in [2.24, 2.45) is 5.41 Å². The molecular formula is C19H21N5O2. The first kappa shape index (κ1) is 15.7. The number of pyridine rings is 1. The summed E-state index contributed by atoms with van der Waals surface area (Å²) in [5.74, 6) is 2.76. The maximum atomic E-state index is 5.57. The van der Waals surface area contributed by atoms with E-state index in [0.717, 1.165) is 61.8 Å². The molecule has 0 bridgehead atoms. The van der Waals surface area contributed by atoms with Gasteiger partial charge in [0.1, 0.15) is 0 Å². The average Bonchev–Trinajstić information content (AvgIpc) is 3.01. The molecule has 4 heterocycles. The fourth-order valence-corrected chi connectivity index (χ4v) is 4.11. The molecule has 1 aliphatic heterocycles. The zero-order valence-corrected chi connectivity index (χ0v) is 14.8. The molecule has 134 valence electrons. The van der Waals surface area contributed by atoms with Gasteiger partial charge in [0.05, 0.1) is 12.2 Å². The van der Waals surface area contributed by atoms with E-state index in [1.807, 2.05) is 25.1 Å². The van der Waals surface area contributed by atoms with Crippen molar-refractivity contribution in [3.8, 4) is 11.4 Å². The third-order valence-electron chi connectivity index (χ3n) is 5.76. The number of aromatic nitrogens is 4. The van der Waals surface area contributed by atoms with E-state index in [2.05, 4.69) is 25.2 Å². The number of nitrogens with zero attached hydrogens (tertiary/aromatic N) is 5. The molecule has 0 amide bonds. The molecule has 7 nitrogen and oxygen atoms in total. The topological polar surface area (TPSA) is 81.1 Å². The molecule has 3 aromatic heterocycles. The van der Waals surface area contributed by atoms with E-state index in [0.29, 0.717) is 17.2 Å². The van der Waals surface area contributed by atoms with Crippen molar-refractivity contribution in [2.75, 3.05) is 13.1 Å². The van der Waals surface area contributed by atoms with Crippen LogP contribution in [-0.4, -0.2) is 38.3 Å². The Morgan fingerprint density at radius 3 is 2.85 bits per heavy atom. The van der Waals surface area contributed by atoms with E-state index >= 15 is 0 Å². The van der Waals surface area contributed by atoms with Crippen LogP contribution in [0.15, 0.2) is 39.6 Å². The maximum absolute atomic E-state index is 5.57. The number of piperidine rings is 1. The van der Waals surface area contributed by atoms with Crippen LogP contribution >= 0.6 is 0 Å². The molecular weight excluding hydrogens is 330 g/mol. The molecule has 0 unspecified atom stereocenters. The summed E-state index contributed by atoms with van der Waals surface area (Å²) in [4.78, 5) is 11.2. The molecule has 1 spiro atoms. The third-order valence-corrected chi connectivity index (χ3v) is 5.76. The third kappa shape index (κ3) is 2.82. The van der Waals surface area contributed by atoms with Crippen LogP contribution in [0.1, 0.15) is 42.5 Å². The van der Waals surface area contributed by atoms with E-state index in [-0.39, 0.29) is 0 Å². The summed E-state index contributed by atoms with van der Waals surface area (Å²) in [5, 5.41) is 8.11. The first-order chi connectivity index (χ1) is 12.7. The van der Waals surface area contributed by atoms with E-state index in [1.165, 1.54) is 0 Å². The Morgan fingerprint density at radius 1 is 1.23 bits per heavy atom. The molecule has 0 N–H and O–H groups in total. The number of aryl methyl sites for hydroxylation is 1. The summed E-state index contributed by atoms with van der Waals surface area (Å²) in [6.07, 6.45) is 6.98. The molecule has 0 radical (unpaired) electrons. The lowest BCUT2D eigenvalue weighted by molar-refractivity contribution is 0.146. The van der Waals surface area contributed by atoms with Crippen LogP contribution in [0.5, 0.6) is 0 Å². The molecule has 3 aromatic rings. The lowest BCUT2D eigenvalue weighted by atomic mass is 9.90. The Balaban J connectivity index is 1.22. The second-order valence-electron chi connectivity index (χ2n) is 7.53. The molecule has 1 saturated heterocycles. The van der Waals surface area contributed by atoms with Gasteiger partial charge in [-0.25, -0.2) is 0 Å². The van der Waals surface area contributed by atoms with E-state index < -0.39 is 0 Å². The summed E-state index contributed by atoms with van der Waals surface area (Å²) in [6, 6.07) is 5.85. The Bertz CT molecular complexity index is 896. The van der Waals surface area contributed by atoms with Crippen LogP contribution < -0.4 is 0 Å². The second-order valence-corrected chi connectivity index (χ2v) is 7.53. The standard InChI is InChI=1S/C19H21N5O2/c1-13-9-15(25-22-13)12-24-7-4-19(5-8-24)10-16(19)18-21-17(23-26-18)14-3-2-6-20-11-14/h2-3,6,9,11,16H,4-5,7-8,10,12H2,1H3/t16-/m0/s1. The van der Waals surface area contributed by atoms with E-state index in [4.69, 9.17) is 9.05 Å². The van der Waals surface area contributed by atoms with Gasteiger partial charge < -0.3 is 9.05 Å². The van der Waals surface area contributed by atoms with Crippen LogP contribution in [0, 0.1) is 12.3 Å². The van der Waals surface area contributed by atoms with Crippen LogP contribution in [0.2, 0.25) is 0 Å². The summed E-state index contributed by atoms with van der Waals surface area (Å²) in [5.41, 5.74) is 2.18. The van der Waals surface area contributed by atoms with Crippen molar-refractivity contribution >= 4 is 0 Å². The molecule has 2 aliphatic rings. The minimum absolute atomic E-state index is 0.340. The summed E-state index contributed by atoms with van der Waals surface area (Å²) >= 11 is 0. The monoisotopic (exact) mass is 351 g/mol. The highest BCUT2D eigenvalue weighted by Gasteiger charge is 2.58. The number of hydrogen-bond acceptors (Lipinski definition) is 7. The Labute approximate surface area is 151 Å². The van der Waals surface area contributed by atoms with Gasteiger partial charge >= 0.3 is 0 Å². The SMILES string of the molecule is Cc1cc(CN2CCC3(CC2)C[C@H]3c2nc(-c3cccnc3)no2)on1. The number of rotatable bonds is 4. The summed E-state index contributed by atoms with van der Waals surface area (Å²) in [7, 11) is 0. The molecule has 5 rings (SSSR count). The number of likely N-dealkylation sites (tertiary alicyclic amines) is 1. The van der Waals surface area contributed by atoms with Gasteiger partial charge in [0, 0.05) is 29.9 Å². The van der Waals surface area contributed by atoms with Gasteiger partial charge in [0.25, 0.3) is 0 Å². The van der Waals surface area contributed by atoms with Gasteiger partial charge in [0.2, 0.25) is 11.7 Å². The van der Waals surface area contributed by atoms with Gasteiger partial charge in [-0.2, -0.15) is 4.98 Å². The van der Waals surface area contributed by atoms with E-state index in [1.54, 1.807) is 12.4 Å². The zero-order valence-electron chi connectivity index (χ0n) is 14.8. The highest BCUT2D eigenvalue weighted by Crippen LogP contribution is 2.64. The van der Waals surface area contributed by atoms with Crippen LogP contribution in [0.4, 0.5) is 0 Å². The lowest BCUT2D eigenvalue weighted by Gasteiger charge is -2.31. The average molecular weight is 351 g/mol. The van der Waals surface area contributed by atoms with E-state index in [9.17, 15) is 0 Å². The van der Waals surface area contributed by atoms with Crippen LogP contribution in [0.25, 0.3) is 11.4 Å². The van der Waals surface area contributed by atoms with Crippen molar-refractivity contribution in [3.05, 3.63) is 47.9 Å². The zero-order chi connectivity index (χ0) is 17.6. The first-order valence-corrected chi connectivity index (χ1v) is 9.10. The Kier molecular flexibility index (Phi) is 3.63. The summed E-state index contributed by atoms with van der Waals surface area (Å²) < 4.78 is 10.9. The van der Waals surface area contributed by atoms with Crippen molar-refractivity contribution in [2.45, 2.75) is 38.6 Å². The maximum Gasteiger partial charge on any atom is 0.230 e. The van der Waals surface area contributed by atoms with Crippen molar-refractivity contribution < 1.29 is 9.05 Å². The van der Waals surface area contributed by atoms with Crippen molar-refractivity contribution in [3.63, 3.8) is 0 Å². The minimum Gasteiger partial charge on any atom is -0.360 e. The van der Waals surface area contributed by atoms with Crippen molar-refractivity contribution in [1.82, 2.24) is 25.2 Å². The lowest BCUT2D eigenvalue weighted by Crippen LogP contribution is -2.34. The highest BCUT2D eigenvalue weighted by molar-refractivity contribution is 5.52. The fourth-order valence-electron chi connectivity index (χ4n) is 4.11. The first-order valence-electron chi connectivity index (χ1n) is 9.10. The van der Waals surface area contributed by atoms with Crippen molar-refractivity contribution in [1.29, 1.82) is 0 Å². The second kappa shape index (κ2) is 6.02. The largest absolute Gasteiger partial charge is 0.360 e. The molecule has 2 fully saturated rings. The molecule has 1 atom stereocenters. The molecule has 0 aromatic carbocycles. The van der Waals surface area contributed by atoms with Gasteiger partial charge in [-0.1, -0.05) is 10.3 Å². The minimum atomic E-state index is 0.340. The molecule has 1 saturated carbocycles. The molecule has 7 heteroatoms. The summed E-state index contributed by atoms with van der Waals surface area (Å²) in [6.45, 7) is 4.93. The van der Waals surface area contributed by atoms with Gasteiger partial charge in [0.15, 0.2) is 5.76 Å². The van der Waals surface area contributed by atoms with Gasteiger partial charge in [-0.05, 0) is 56.8 Å². The van der Waals surface area contributed by atoms with Gasteiger partial charge in [-0.15, -0.1) is 0 Å². The highest BCUT2D eigenvalue weighted by atomic mass is 16.5. The predicted molar refractivity (Wildman–Crippen MR) is 93.1 cm³/mol. The fraction of sp³-hybridized carbons (Fsp3) is 0.474. The number of hydrogen-bond donors (Lipinski definition) is 0. The van der Waals surface area contributed by atoms with Crippen LogP contribution in [0.3, 0.4) is 0 Å². The Morgan fingerprint density at radius 2 is 2.12 bits per heavy atom. The Hall–Kier alpha value is -2.54. The molecule has 1 aliphatic carbocycles. The quantitative estimate of drug-likeness (QED) is 0.714. The van der Waals surface area contributed by atoms with Gasteiger partial charge in [-0.3, -0.25) is 9.88 Å². The normalized spacial score (nSPS) is 22.0. The van der Waals surface area contributed by atoms with Crippen LogP contribution in [-0.2, 0) is 6.54 Å². The predicted octanol–water partition coefficient (Wildman–Crippen LogP) is 3.20. The smallest absolute Gasteiger partial charge is 0.230 e. The molecule has 26 heavy (non-hydrogen) atoms.